The first-order valence-electron chi connectivity index (χ1n) is 19.9. The molecule has 4 atom stereocenters. The van der Waals surface area contributed by atoms with Crippen LogP contribution in [-0.2, 0) is 23.1 Å². The van der Waals surface area contributed by atoms with Crippen molar-refractivity contribution in [1.82, 2.24) is 14.6 Å². The number of rotatable bonds is 28. The van der Waals surface area contributed by atoms with Crippen LogP contribution in [0.2, 0.25) is 0 Å². The van der Waals surface area contributed by atoms with Crippen LogP contribution >= 0.6 is 7.82 Å². The van der Waals surface area contributed by atoms with E-state index in [4.69, 9.17) is 29.0 Å². The maximum atomic E-state index is 14.0. The van der Waals surface area contributed by atoms with Gasteiger partial charge in [0.1, 0.15) is 29.5 Å². The van der Waals surface area contributed by atoms with Crippen molar-refractivity contribution < 1.29 is 37.1 Å². The number of nitriles is 1. The summed E-state index contributed by atoms with van der Waals surface area (Å²) in [5.41, 5.74) is 6.74. The predicted molar refractivity (Wildman–Crippen MR) is 206 cm³/mol. The minimum atomic E-state index is -4.50. The number of nitrogens with two attached hydrogens (primary N) is 1. The molecule has 3 N–H and O–H groups in total. The van der Waals surface area contributed by atoms with Crippen molar-refractivity contribution in [2.24, 2.45) is 5.92 Å². The molecule has 0 spiro atoms. The molecule has 2 aromatic heterocycles. The SMILES string of the molecule is CCCCCCCCCCCCCCCCCOCC(COc1cc(F)cc(C#N)c1)COP(=O)(O)OC[C@]1(C)CCC(c2ccc3c(N)ncnn23)O1. The molecule has 0 bridgehead atoms. The normalized spacial score (nSPS) is 18.8. The molecule has 12 nitrogen and oxygen atoms in total. The van der Waals surface area contributed by atoms with Crippen LogP contribution in [0.25, 0.3) is 5.52 Å². The number of nitrogens with zero attached hydrogens (tertiary/aromatic N) is 4. The van der Waals surface area contributed by atoms with Crippen LogP contribution in [0.15, 0.2) is 36.7 Å². The van der Waals surface area contributed by atoms with Crippen LogP contribution in [0, 0.1) is 23.1 Å². The second-order valence-electron chi connectivity index (χ2n) is 14.8. The number of phosphoric ester groups is 1. The molecule has 3 heterocycles. The van der Waals surface area contributed by atoms with Crippen LogP contribution < -0.4 is 10.5 Å². The fourth-order valence-electron chi connectivity index (χ4n) is 6.78. The van der Waals surface area contributed by atoms with Gasteiger partial charge in [0.25, 0.3) is 0 Å². The molecular weight excluding hydrogens is 712 g/mol. The van der Waals surface area contributed by atoms with Gasteiger partial charge in [0.15, 0.2) is 5.82 Å². The molecule has 1 aliphatic heterocycles. The van der Waals surface area contributed by atoms with Gasteiger partial charge in [-0.2, -0.15) is 10.4 Å². The van der Waals surface area contributed by atoms with E-state index >= 15 is 0 Å². The van der Waals surface area contributed by atoms with E-state index in [-0.39, 0.29) is 43.8 Å². The lowest BCUT2D eigenvalue weighted by Gasteiger charge is -2.26. The summed E-state index contributed by atoms with van der Waals surface area (Å²) in [6.45, 7) is 4.44. The van der Waals surface area contributed by atoms with E-state index in [1.54, 1.807) is 4.52 Å². The molecule has 14 heteroatoms. The number of hydrogen-bond acceptors (Lipinski definition) is 10. The summed E-state index contributed by atoms with van der Waals surface area (Å²) in [5, 5.41) is 13.5. The van der Waals surface area contributed by atoms with E-state index in [1.807, 2.05) is 25.1 Å². The monoisotopic (exact) mass is 773 g/mol. The molecule has 1 aliphatic rings. The van der Waals surface area contributed by atoms with E-state index in [1.165, 1.54) is 95.5 Å². The highest BCUT2D eigenvalue weighted by molar-refractivity contribution is 7.47. The maximum absolute atomic E-state index is 14.0. The van der Waals surface area contributed by atoms with Gasteiger partial charge in [-0.15, -0.1) is 0 Å². The Kier molecular flexibility index (Phi) is 18.6. The highest BCUT2D eigenvalue weighted by atomic mass is 31.2. The van der Waals surface area contributed by atoms with Gasteiger partial charge in [-0.1, -0.05) is 96.8 Å². The number of phosphoric acid groups is 1. The van der Waals surface area contributed by atoms with Gasteiger partial charge >= 0.3 is 7.82 Å². The van der Waals surface area contributed by atoms with E-state index in [0.29, 0.717) is 30.8 Å². The topological polar surface area (TPSA) is 163 Å². The second kappa shape index (κ2) is 23.1. The second-order valence-corrected chi connectivity index (χ2v) is 16.3. The van der Waals surface area contributed by atoms with E-state index in [0.717, 1.165) is 31.0 Å². The standard InChI is InChI=1S/C40H61FN5O7P/c1-3-4-5-6-7-8-9-10-11-12-13-14-15-16-17-22-49-27-33(28-50-35-24-32(26-42)23-34(41)25-35)29-51-54(47,48)52-30-40(2)21-20-38(53-40)36-18-19-37-39(43)44-31-45-46(36)37/h18-19,23-25,31,33,38H,3-17,20-22,27-30H2,1-2H3,(H,47,48)(H2,43,44,45)/t33?,38?,40-/m0/s1. The Bertz CT molecular complexity index is 1640. The average molecular weight is 774 g/mol. The molecule has 3 unspecified atom stereocenters. The third-order valence-electron chi connectivity index (χ3n) is 9.94. The summed E-state index contributed by atoms with van der Waals surface area (Å²) in [4.78, 5) is 14.6. The summed E-state index contributed by atoms with van der Waals surface area (Å²) >= 11 is 0. The molecule has 54 heavy (non-hydrogen) atoms. The molecule has 4 rings (SSSR count). The number of nitrogen functional groups attached to an aromatic ring is 1. The molecule has 0 aliphatic carbocycles. The molecule has 1 fully saturated rings. The van der Waals surface area contributed by atoms with Gasteiger partial charge < -0.3 is 24.8 Å². The lowest BCUT2D eigenvalue weighted by molar-refractivity contribution is -0.0646. The van der Waals surface area contributed by atoms with Crippen LogP contribution in [0.1, 0.15) is 140 Å². The molecule has 1 aromatic carbocycles. The Morgan fingerprint density at radius 1 is 1.00 bits per heavy atom. The van der Waals surface area contributed by atoms with Gasteiger partial charge in [-0.25, -0.2) is 18.5 Å². The van der Waals surface area contributed by atoms with Crippen molar-refractivity contribution in [3.63, 3.8) is 0 Å². The number of unbranched alkanes of at least 4 members (excludes halogenated alkanes) is 14. The lowest BCUT2D eigenvalue weighted by Crippen LogP contribution is -2.30. The zero-order valence-corrected chi connectivity index (χ0v) is 33.2. The Balaban J connectivity index is 1.16. The average Bonchev–Trinajstić information content (AvgIpc) is 3.77. The van der Waals surface area contributed by atoms with Gasteiger partial charge in [0, 0.05) is 18.6 Å². The van der Waals surface area contributed by atoms with Gasteiger partial charge in [0.05, 0.1) is 49.4 Å². The van der Waals surface area contributed by atoms with Crippen molar-refractivity contribution in [3.8, 4) is 11.8 Å². The van der Waals surface area contributed by atoms with Crippen molar-refractivity contribution in [1.29, 1.82) is 5.26 Å². The first kappa shape index (κ1) is 43.6. The number of anilines is 1. The number of ether oxygens (including phenoxy) is 3. The highest BCUT2D eigenvalue weighted by Gasteiger charge is 2.40. The Morgan fingerprint density at radius 3 is 2.33 bits per heavy atom. The number of halogens is 1. The summed E-state index contributed by atoms with van der Waals surface area (Å²) in [5.74, 6) is -0.533. The van der Waals surface area contributed by atoms with Crippen LogP contribution in [0.4, 0.5) is 10.2 Å². The van der Waals surface area contributed by atoms with E-state index in [2.05, 4.69) is 17.0 Å². The molecule has 0 radical (unpaired) electrons. The summed E-state index contributed by atoms with van der Waals surface area (Å²) < 4.78 is 57.6. The quantitative estimate of drug-likeness (QED) is 0.0533. The zero-order chi connectivity index (χ0) is 38.7. The number of fused-ring (bicyclic) bond motifs is 1. The number of aromatic nitrogens is 3. The third-order valence-corrected chi connectivity index (χ3v) is 10.9. The third kappa shape index (κ3) is 15.2. The Hall–Kier alpha value is -3.11. The smallest absolute Gasteiger partial charge is 0.472 e. The fourth-order valence-corrected chi connectivity index (χ4v) is 7.69. The van der Waals surface area contributed by atoms with E-state index < -0.39 is 25.2 Å². The Labute approximate surface area is 320 Å². The first-order valence-corrected chi connectivity index (χ1v) is 21.4. The minimum Gasteiger partial charge on any atom is -0.493 e. The largest absolute Gasteiger partial charge is 0.493 e. The Morgan fingerprint density at radius 2 is 1.67 bits per heavy atom. The minimum absolute atomic E-state index is 0.00895. The lowest BCUT2D eigenvalue weighted by atomic mass is 10.0. The molecule has 0 saturated carbocycles. The van der Waals surface area contributed by atoms with Gasteiger partial charge in [0.2, 0.25) is 0 Å². The highest BCUT2D eigenvalue weighted by Crippen LogP contribution is 2.47. The van der Waals surface area contributed by atoms with Crippen LogP contribution in [0.5, 0.6) is 5.75 Å². The van der Waals surface area contributed by atoms with Crippen molar-refractivity contribution >= 4 is 19.2 Å². The van der Waals surface area contributed by atoms with Crippen molar-refractivity contribution in [2.75, 3.05) is 38.8 Å². The van der Waals surface area contributed by atoms with Crippen LogP contribution in [-0.4, -0.2) is 58.1 Å². The fraction of sp³-hybridized carbons (Fsp3) is 0.675. The number of benzene rings is 1. The molecule has 3 aromatic rings. The molecule has 1 saturated heterocycles. The number of hydrogen-bond donors (Lipinski definition) is 2. The van der Waals surface area contributed by atoms with Gasteiger partial charge in [-0.05, 0) is 50.5 Å². The summed E-state index contributed by atoms with van der Waals surface area (Å²) in [6, 6.07) is 9.36. The van der Waals surface area contributed by atoms with Gasteiger partial charge in [-0.3, -0.25) is 9.05 Å². The van der Waals surface area contributed by atoms with Crippen LogP contribution in [0.3, 0.4) is 0 Å². The van der Waals surface area contributed by atoms with E-state index in [9.17, 15) is 19.1 Å². The summed E-state index contributed by atoms with van der Waals surface area (Å²) in [7, 11) is -4.50. The van der Waals surface area contributed by atoms with Crippen molar-refractivity contribution in [2.45, 2.75) is 135 Å². The molecule has 300 valence electrons. The first-order chi connectivity index (χ1) is 26.1. The van der Waals surface area contributed by atoms with Crippen molar-refractivity contribution in [3.05, 3.63) is 53.7 Å². The zero-order valence-electron chi connectivity index (χ0n) is 32.3. The molecule has 0 amide bonds. The predicted octanol–water partition coefficient (Wildman–Crippen LogP) is 9.65. The maximum Gasteiger partial charge on any atom is 0.472 e. The molecular formula is C40H61FN5O7P. The summed E-state index contributed by atoms with van der Waals surface area (Å²) in [6.07, 6.45) is 21.5.